The van der Waals surface area contributed by atoms with Crippen LogP contribution >= 0.6 is 34.8 Å². The molecule has 0 bridgehead atoms. The average molecular weight is 202 g/mol. The Morgan fingerprint density at radius 1 is 1.50 bits per heavy atom. The highest BCUT2D eigenvalue weighted by Gasteiger charge is 2.17. The summed E-state index contributed by atoms with van der Waals surface area (Å²) in [7, 11) is 0. The van der Waals surface area contributed by atoms with Crippen LogP contribution in [0.1, 0.15) is 20.3 Å². The van der Waals surface area contributed by atoms with Crippen LogP contribution in [0.2, 0.25) is 0 Å². The molecule has 0 fully saturated rings. The largest absolute Gasteiger partial charge is 0.126 e. The minimum Gasteiger partial charge on any atom is -0.126 e. The van der Waals surface area contributed by atoms with Crippen molar-refractivity contribution in [3.63, 3.8) is 0 Å². The maximum absolute atomic E-state index is 5.69. The number of hydrogen-bond acceptors (Lipinski definition) is 0. The summed E-state index contributed by atoms with van der Waals surface area (Å²) in [5, 5.41) is 0. The Morgan fingerprint density at radius 3 is 2.10 bits per heavy atom. The third kappa shape index (κ3) is 3.70. The molecule has 3 heteroatoms. The summed E-state index contributed by atoms with van der Waals surface area (Å²) in [6, 6.07) is 0. The molecule has 0 saturated carbocycles. The minimum atomic E-state index is -0.0552. The van der Waals surface area contributed by atoms with E-state index < -0.39 is 0 Å². The van der Waals surface area contributed by atoms with Gasteiger partial charge in [-0.25, -0.2) is 0 Å². The fourth-order valence-corrected chi connectivity index (χ4v) is 1.29. The van der Waals surface area contributed by atoms with Crippen molar-refractivity contribution < 1.29 is 0 Å². The molecule has 0 aromatic carbocycles. The molecular formula is C7H11Cl3. The highest BCUT2D eigenvalue weighted by atomic mass is 35.5. The van der Waals surface area contributed by atoms with E-state index in [9.17, 15) is 0 Å². The summed E-state index contributed by atoms with van der Waals surface area (Å²) in [5.74, 6) is 0.548. The van der Waals surface area contributed by atoms with Crippen LogP contribution in [0, 0.1) is 5.41 Å². The van der Waals surface area contributed by atoms with Gasteiger partial charge in [0, 0.05) is 11.3 Å². The van der Waals surface area contributed by atoms with E-state index in [1.165, 1.54) is 0 Å². The second-order valence-corrected chi connectivity index (χ2v) is 3.85. The van der Waals surface area contributed by atoms with E-state index in [-0.39, 0.29) is 5.41 Å². The van der Waals surface area contributed by atoms with Crippen molar-refractivity contribution in [3.8, 4) is 0 Å². The molecule has 0 saturated heterocycles. The molecule has 0 amide bonds. The van der Waals surface area contributed by atoms with Gasteiger partial charge in [0.1, 0.15) is 4.49 Å². The lowest BCUT2D eigenvalue weighted by atomic mass is 9.90. The first-order chi connectivity index (χ1) is 4.54. The fourth-order valence-electron chi connectivity index (χ4n) is 0.499. The number of alkyl halides is 1. The zero-order chi connectivity index (χ0) is 8.20. The molecule has 1 unspecified atom stereocenters. The van der Waals surface area contributed by atoms with Crippen molar-refractivity contribution in [2.45, 2.75) is 20.3 Å². The van der Waals surface area contributed by atoms with E-state index in [1.807, 2.05) is 6.92 Å². The van der Waals surface area contributed by atoms with E-state index in [1.54, 1.807) is 6.08 Å². The summed E-state index contributed by atoms with van der Waals surface area (Å²) < 4.78 is 0.296. The molecule has 0 nitrogen and oxygen atoms in total. The SMILES string of the molecule is CCC(C)(C=C(Cl)Cl)CCl. The summed E-state index contributed by atoms with van der Waals surface area (Å²) in [6.45, 7) is 4.07. The van der Waals surface area contributed by atoms with Crippen molar-refractivity contribution in [2.24, 2.45) is 5.41 Å². The predicted molar refractivity (Wildman–Crippen MR) is 48.9 cm³/mol. The maximum Gasteiger partial charge on any atom is 0.103 e. The molecule has 0 aromatic rings. The van der Waals surface area contributed by atoms with Crippen LogP contribution in [0.25, 0.3) is 0 Å². The number of allylic oxidation sites excluding steroid dienone is 1. The van der Waals surface area contributed by atoms with E-state index >= 15 is 0 Å². The van der Waals surface area contributed by atoms with Crippen LogP contribution in [0.3, 0.4) is 0 Å². The molecule has 0 radical (unpaired) electrons. The van der Waals surface area contributed by atoms with Gasteiger partial charge in [0.15, 0.2) is 0 Å². The van der Waals surface area contributed by atoms with Gasteiger partial charge in [0.05, 0.1) is 0 Å². The summed E-state index contributed by atoms with van der Waals surface area (Å²) in [6.07, 6.45) is 2.72. The molecule has 0 spiro atoms. The van der Waals surface area contributed by atoms with Crippen LogP contribution < -0.4 is 0 Å². The Labute approximate surface area is 77.1 Å². The highest BCUT2D eigenvalue weighted by molar-refractivity contribution is 6.55. The predicted octanol–water partition coefficient (Wildman–Crippen LogP) is 3.96. The van der Waals surface area contributed by atoms with Crippen LogP contribution in [-0.4, -0.2) is 5.88 Å². The first-order valence-electron chi connectivity index (χ1n) is 3.14. The van der Waals surface area contributed by atoms with E-state index in [0.29, 0.717) is 10.4 Å². The Balaban J connectivity index is 4.20. The molecule has 0 rings (SSSR count). The normalized spacial score (nSPS) is 16.1. The molecule has 0 heterocycles. The topological polar surface area (TPSA) is 0 Å². The molecule has 0 aliphatic rings. The summed E-state index contributed by atoms with van der Waals surface area (Å²) in [4.78, 5) is 0. The lowest BCUT2D eigenvalue weighted by molar-refractivity contribution is 0.469. The van der Waals surface area contributed by atoms with Crippen LogP contribution in [0.5, 0.6) is 0 Å². The van der Waals surface area contributed by atoms with Crippen molar-refractivity contribution in [1.82, 2.24) is 0 Å². The van der Waals surface area contributed by atoms with Crippen LogP contribution in [0.15, 0.2) is 10.6 Å². The number of halogens is 3. The van der Waals surface area contributed by atoms with Gasteiger partial charge >= 0.3 is 0 Å². The summed E-state index contributed by atoms with van der Waals surface area (Å²) in [5.41, 5.74) is -0.0552. The molecule has 1 atom stereocenters. The van der Waals surface area contributed by atoms with Gasteiger partial charge in [0.2, 0.25) is 0 Å². The van der Waals surface area contributed by atoms with Gasteiger partial charge in [-0.3, -0.25) is 0 Å². The Bertz CT molecular complexity index is 121. The lowest BCUT2D eigenvalue weighted by Crippen LogP contribution is -2.13. The third-order valence-electron chi connectivity index (χ3n) is 1.57. The van der Waals surface area contributed by atoms with E-state index in [0.717, 1.165) is 6.42 Å². The molecule has 0 aliphatic heterocycles. The zero-order valence-corrected chi connectivity index (χ0v) is 8.39. The Morgan fingerprint density at radius 2 is 2.00 bits per heavy atom. The standard InChI is InChI=1S/C7H11Cl3/c1-3-7(2,5-8)4-6(9)10/h4H,3,5H2,1-2H3. The van der Waals surface area contributed by atoms with Gasteiger partial charge in [-0.15, -0.1) is 11.6 Å². The second kappa shape index (κ2) is 4.48. The number of hydrogen-bond donors (Lipinski definition) is 0. The van der Waals surface area contributed by atoms with E-state index in [4.69, 9.17) is 34.8 Å². The van der Waals surface area contributed by atoms with Gasteiger partial charge in [-0.05, 0) is 12.5 Å². The molecule has 60 valence electrons. The first kappa shape index (κ1) is 10.6. The fraction of sp³-hybridized carbons (Fsp3) is 0.714. The monoisotopic (exact) mass is 200 g/mol. The van der Waals surface area contributed by atoms with Crippen LogP contribution in [0.4, 0.5) is 0 Å². The van der Waals surface area contributed by atoms with Gasteiger partial charge in [0.25, 0.3) is 0 Å². The van der Waals surface area contributed by atoms with Crippen molar-refractivity contribution in [1.29, 1.82) is 0 Å². The second-order valence-electron chi connectivity index (χ2n) is 2.58. The van der Waals surface area contributed by atoms with E-state index in [2.05, 4.69) is 6.92 Å². The quantitative estimate of drug-likeness (QED) is 0.607. The molecule has 0 aromatic heterocycles. The zero-order valence-electron chi connectivity index (χ0n) is 6.13. The van der Waals surface area contributed by atoms with Gasteiger partial charge in [-0.1, -0.05) is 37.0 Å². The molecular weight excluding hydrogens is 190 g/mol. The maximum atomic E-state index is 5.69. The summed E-state index contributed by atoms with van der Waals surface area (Å²) >= 11 is 16.7. The van der Waals surface area contributed by atoms with Gasteiger partial charge in [-0.2, -0.15) is 0 Å². The van der Waals surface area contributed by atoms with Crippen molar-refractivity contribution in [2.75, 3.05) is 5.88 Å². The third-order valence-corrected chi connectivity index (χ3v) is 2.40. The molecule has 0 N–H and O–H groups in total. The average Bonchev–Trinajstić information content (AvgIpc) is 1.87. The first-order valence-corrected chi connectivity index (χ1v) is 4.43. The molecule has 10 heavy (non-hydrogen) atoms. The molecule has 0 aliphatic carbocycles. The Hall–Kier alpha value is 0.610. The smallest absolute Gasteiger partial charge is 0.103 e. The van der Waals surface area contributed by atoms with Crippen molar-refractivity contribution in [3.05, 3.63) is 10.6 Å². The van der Waals surface area contributed by atoms with Gasteiger partial charge < -0.3 is 0 Å². The Kier molecular flexibility index (Phi) is 4.75. The lowest BCUT2D eigenvalue weighted by Gasteiger charge is -2.19. The highest BCUT2D eigenvalue weighted by Crippen LogP contribution is 2.28. The minimum absolute atomic E-state index is 0.0552. The van der Waals surface area contributed by atoms with Crippen LogP contribution in [-0.2, 0) is 0 Å². The van der Waals surface area contributed by atoms with Crippen molar-refractivity contribution >= 4 is 34.8 Å². The number of rotatable bonds is 3.